The largest absolute Gasteiger partial charge is 0.466 e. The molecular weight excluding hydrogens is 461 g/mol. The third-order valence-electron chi connectivity index (χ3n) is 7.21. The molecule has 0 aliphatic carbocycles. The number of amides is 2. The van der Waals surface area contributed by atoms with Gasteiger partial charge in [0.2, 0.25) is 5.91 Å². The van der Waals surface area contributed by atoms with Gasteiger partial charge in [-0.05, 0) is 62.8 Å². The van der Waals surface area contributed by atoms with Crippen LogP contribution in [-0.2, 0) is 11.0 Å². The number of anilines is 1. The topological polar surface area (TPSA) is 89.6 Å². The summed E-state index contributed by atoms with van der Waals surface area (Å²) in [6.07, 6.45) is -2.89. The Morgan fingerprint density at radius 1 is 1.20 bits per heavy atom. The highest BCUT2D eigenvalue weighted by Gasteiger charge is 2.50. The van der Waals surface area contributed by atoms with E-state index in [0.29, 0.717) is 61.7 Å². The number of rotatable bonds is 3. The average Bonchev–Trinajstić information content (AvgIpc) is 3.37. The number of alkyl halides is 3. The van der Waals surface area contributed by atoms with E-state index in [1.165, 1.54) is 19.2 Å². The van der Waals surface area contributed by atoms with Crippen LogP contribution in [0.3, 0.4) is 0 Å². The van der Waals surface area contributed by atoms with Crippen molar-refractivity contribution in [1.82, 2.24) is 10.2 Å². The number of likely N-dealkylation sites (tertiary alicyclic amines) is 1. The molecule has 10 heteroatoms. The number of hydrogen-bond donors (Lipinski definition) is 1. The van der Waals surface area contributed by atoms with Gasteiger partial charge in [-0.2, -0.15) is 18.4 Å². The van der Waals surface area contributed by atoms with Gasteiger partial charge in [0.25, 0.3) is 5.91 Å². The van der Waals surface area contributed by atoms with Crippen molar-refractivity contribution in [3.63, 3.8) is 0 Å². The number of nitrogens with zero attached hydrogens (tertiary/aromatic N) is 3. The fourth-order valence-electron chi connectivity index (χ4n) is 5.33. The molecule has 1 aromatic heterocycles. The summed E-state index contributed by atoms with van der Waals surface area (Å²) in [5.74, 6) is 0.622. The third-order valence-corrected chi connectivity index (χ3v) is 7.21. The lowest BCUT2D eigenvalue weighted by Gasteiger charge is -2.40. The number of benzene rings is 1. The normalized spacial score (nSPS) is 19.6. The van der Waals surface area contributed by atoms with Crippen LogP contribution in [0.15, 0.2) is 28.7 Å². The molecule has 1 aromatic carbocycles. The second-order valence-electron chi connectivity index (χ2n) is 9.42. The number of furan rings is 1. The Kier molecular flexibility index (Phi) is 6.30. The van der Waals surface area contributed by atoms with Crippen molar-refractivity contribution in [2.75, 3.05) is 31.6 Å². The average molecular weight is 489 g/mol. The molecule has 2 fully saturated rings. The van der Waals surface area contributed by atoms with Crippen LogP contribution in [0.1, 0.15) is 52.3 Å². The maximum Gasteiger partial charge on any atom is 0.417 e. The maximum atomic E-state index is 13.4. The van der Waals surface area contributed by atoms with Gasteiger partial charge in [-0.25, -0.2) is 0 Å². The Labute approximate surface area is 201 Å². The smallest absolute Gasteiger partial charge is 0.417 e. The van der Waals surface area contributed by atoms with Gasteiger partial charge in [-0.3, -0.25) is 9.59 Å². The minimum absolute atomic E-state index is 0.238. The Bertz CT molecular complexity index is 1190. The van der Waals surface area contributed by atoms with Gasteiger partial charge in [0, 0.05) is 32.4 Å². The molecule has 2 saturated heterocycles. The minimum atomic E-state index is -4.62. The van der Waals surface area contributed by atoms with Crippen molar-refractivity contribution in [3.05, 3.63) is 52.5 Å². The van der Waals surface area contributed by atoms with E-state index < -0.39 is 23.3 Å². The highest BCUT2D eigenvalue weighted by molar-refractivity contribution is 5.99. The van der Waals surface area contributed by atoms with E-state index in [0.717, 1.165) is 6.07 Å². The first kappa shape index (κ1) is 24.6. The first-order valence-corrected chi connectivity index (χ1v) is 11.4. The Balaban J connectivity index is 1.54. The molecule has 4 rings (SSSR count). The molecule has 2 amide bonds. The maximum absolute atomic E-state index is 13.4. The molecule has 3 heterocycles. The summed E-state index contributed by atoms with van der Waals surface area (Å²) < 4.78 is 45.7. The molecule has 7 nitrogen and oxygen atoms in total. The SMILES string of the molecule is CNC(=O)C1CC2(CCN(c3ccc(C#N)c(C(F)(F)F)c3)CC2)CN1C(=O)c1cc(C)oc1C. The van der Waals surface area contributed by atoms with Gasteiger partial charge in [0.05, 0.1) is 22.8 Å². The minimum Gasteiger partial charge on any atom is -0.466 e. The van der Waals surface area contributed by atoms with Crippen LogP contribution in [-0.4, -0.2) is 49.4 Å². The molecule has 35 heavy (non-hydrogen) atoms. The molecule has 0 saturated carbocycles. The molecule has 2 aliphatic rings. The fraction of sp³-hybridized carbons (Fsp3) is 0.480. The zero-order chi connectivity index (χ0) is 25.5. The predicted octanol–water partition coefficient (Wildman–Crippen LogP) is 4.03. The van der Waals surface area contributed by atoms with E-state index >= 15 is 0 Å². The molecule has 1 spiro atoms. The van der Waals surface area contributed by atoms with Crippen molar-refractivity contribution in [2.24, 2.45) is 5.41 Å². The number of likely N-dealkylation sites (N-methyl/N-ethyl adjacent to an activating group) is 1. The van der Waals surface area contributed by atoms with Crippen LogP contribution in [0.25, 0.3) is 0 Å². The molecule has 1 atom stereocenters. The van der Waals surface area contributed by atoms with Crippen molar-refractivity contribution in [3.8, 4) is 6.07 Å². The van der Waals surface area contributed by atoms with Crippen LogP contribution >= 0.6 is 0 Å². The lowest BCUT2D eigenvalue weighted by atomic mass is 9.76. The summed E-state index contributed by atoms with van der Waals surface area (Å²) in [5.41, 5.74) is -0.818. The van der Waals surface area contributed by atoms with Crippen LogP contribution < -0.4 is 10.2 Å². The second kappa shape index (κ2) is 8.95. The molecular formula is C25H27F3N4O3. The van der Waals surface area contributed by atoms with E-state index in [1.54, 1.807) is 30.9 Å². The molecule has 0 bridgehead atoms. The van der Waals surface area contributed by atoms with E-state index in [1.807, 2.05) is 4.90 Å². The van der Waals surface area contributed by atoms with Crippen LogP contribution in [0, 0.1) is 30.6 Å². The number of nitriles is 1. The molecule has 186 valence electrons. The lowest BCUT2D eigenvalue weighted by molar-refractivity contribution is -0.137. The van der Waals surface area contributed by atoms with E-state index in [9.17, 15) is 22.8 Å². The van der Waals surface area contributed by atoms with Gasteiger partial charge in [-0.15, -0.1) is 0 Å². The number of nitrogens with one attached hydrogen (secondary N) is 1. The number of carbonyl (C=O) groups is 2. The summed E-state index contributed by atoms with van der Waals surface area (Å²) in [6, 6.07) is 6.42. The van der Waals surface area contributed by atoms with Crippen molar-refractivity contribution in [1.29, 1.82) is 5.26 Å². The van der Waals surface area contributed by atoms with Gasteiger partial charge in [0.15, 0.2) is 0 Å². The quantitative estimate of drug-likeness (QED) is 0.705. The first-order chi connectivity index (χ1) is 16.5. The summed E-state index contributed by atoms with van der Waals surface area (Å²) in [5, 5.41) is 11.7. The second-order valence-corrected chi connectivity index (χ2v) is 9.42. The van der Waals surface area contributed by atoms with Crippen LogP contribution in [0.5, 0.6) is 0 Å². The Morgan fingerprint density at radius 2 is 1.89 bits per heavy atom. The Morgan fingerprint density at radius 3 is 2.43 bits per heavy atom. The predicted molar refractivity (Wildman–Crippen MR) is 122 cm³/mol. The van der Waals surface area contributed by atoms with Crippen LogP contribution in [0.4, 0.5) is 18.9 Å². The van der Waals surface area contributed by atoms with E-state index in [-0.39, 0.29) is 17.2 Å². The van der Waals surface area contributed by atoms with Crippen molar-refractivity contribution >= 4 is 17.5 Å². The zero-order valence-corrected chi connectivity index (χ0v) is 19.8. The number of hydrogen-bond acceptors (Lipinski definition) is 5. The summed E-state index contributed by atoms with van der Waals surface area (Å²) in [6.45, 7) is 4.83. The molecule has 1 N–H and O–H groups in total. The van der Waals surface area contributed by atoms with Crippen molar-refractivity contribution < 1.29 is 27.2 Å². The van der Waals surface area contributed by atoms with E-state index in [4.69, 9.17) is 9.68 Å². The van der Waals surface area contributed by atoms with Gasteiger partial charge >= 0.3 is 6.18 Å². The Hall–Kier alpha value is -3.48. The highest BCUT2D eigenvalue weighted by Crippen LogP contribution is 2.45. The van der Waals surface area contributed by atoms with Crippen LogP contribution in [0.2, 0.25) is 0 Å². The van der Waals surface area contributed by atoms with Gasteiger partial charge < -0.3 is 19.5 Å². The first-order valence-electron chi connectivity index (χ1n) is 11.4. The molecule has 2 aromatic rings. The third kappa shape index (κ3) is 4.59. The number of carbonyl (C=O) groups excluding carboxylic acids is 2. The lowest BCUT2D eigenvalue weighted by Crippen LogP contribution is -2.45. The van der Waals surface area contributed by atoms with Gasteiger partial charge in [0.1, 0.15) is 17.6 Å². The van der Waals surface area contributed by atoms with Crippen molar-refractivity contribution in [2.45, 2.75) is 45.3 Å². The standard InChI is InChI=1S/C25H27F3N4O3/c1-15-10-19(16(2)35-15)23(34)32-14-24(12-21(32)22(33)30-3)6-8-31(9-7-24)18-5-4-17(13-29)20(11-18)25(26,27)28/h4-5,10-11,21H,6-9,12,14H2,1-3H3,(H,30,33). The summed E-state index contributed by atoms with van der Waals surface area (Å²) >= 11 is 0. The molecule has 2 aliphatic heterocycles. The molecule has 1 unspecified atom stereocenters. The monoisotopic (exact) mass is 488 g/mol. The fourth-order valence-corrected chi connectivity index (χ4v) is 5.33. The summed E-state index contributed by atoms with van der Waals surface area (Å²) in [7, 11) is 1.54. The van der Waals surface area contributed by atoms with E-state index in [2.05, 4.69) is 5.32 Å². The highest BCUT2D eigenvalue weighted by atomic mass is 19.4. The molecule has 0 radical (unpaired) electrons. The number of halogens is 3. The van der Waals surface area contributed by atoms with Gasteiger partial charge in [-0.1, -0.05) is 0 Å². The zero-order valence-electron chi connectivity index (χ0n) is 19.8. The summed E-state index contributed by atoms with van der Waals surface area (Å²) in [4.78, 5) is 29.5. The number of aryl methyl sites for hydroxylation is 2. The number of piperidine rings is 1.